The summed E-state index contributed by atoms with van der Waals surface area (Å²) in [6, 6.07) is 1.35. The molecule has 0 aliphatic heterocycles. The Kier molecular flexibility index (Phi) is 3.01. The van der Waals surface area contributed by atoms with Crippen molar-refractivity contribution in [3.63, 3.8) is 0 Å². The fourth-order valence-corrected chi connectivity index (χ4v) is 5.82. The molecule has 4 aliphatic rings. The molecule has 4 fully saturated rings. The van der Waals surface area contributed by atoms with Crippen molar-refractivity contribution in [3.8, 4) is 0 Å². The molecule has 98 valence electrons. The Morgan fingerprint density at radius 1 is 0.941 bits per heavy atom. The third-order valence-corrected chi connectivity index (χ3v) is 5.52. The predicted molar refractivity (Wildman–Crippen MR) is 73.0 cm³/mol. The molecule has 17 heavy (non-hydrogen) atoms. The Morgan fingerprint density at radius 2 is 1.41 bits per heavy atom. The smallest absolute Gasteiger partial charge is 0.00463 e. The minimum Gasteiger partial charge on any atom is -0.312 e. The Morgan fingerprint density at radius 3 is 1.82 bits per heavy atom. The molecule has 4 rings (SSSR count). The van der Waals surface area contributed by atoms with Crippen LogP contribution < -0.4 is 5.32 Å². The van der Waals surface area contributed by atoms with Crippen LogP contribution in [0.5, 0.6) is 0 Å². The fraction of sp³-hybridized carbons (Fsp3) is 1.00. The van der Waals surface area contributed by atoms with Gasteiger partial charge in [-0.15, -0.1) is 0 Å². The summed E-state index contributed by atoms with van der Waals surface area (Å²) in [5.74, 6) is 3.31. The van der Waals surface area contributed by atoms with Crippen molar-refractivity contribution in [2.75, 3.05) is 0 Å². The van der Waals surface area contributed by atoms with E-state index in [9.17, 15) is 0 Å². The summed E-state index contributed by atoms with van der Waals surface area (Å²) in [4.78, 5) is 0. The number of hydrogen-bond acceptors (Lipinski definition) is 1. The molecule has 0 aromatic carbocycles. The SMILES string of the molecule is CC(C)NC(C)CC12CC3CC(CC(C3)C1)C2. The molecule has 0 saturated heterocycles. The maximum absolute atomic E-state index is 3.72. The highest BCUT2D eigenvalue weighted by Crippen LogP contribution is 2.61. The first-order valence-electron chi connectivity index (χ1n) is 7.81. The van der Waals surface area contributed by atoms with Crippen LogP contribution in [0.15, 0.2) is 0 Å². The molecule has 1 nitrogen and oxygen atoms in total. The highest BCUT2D eigenvalue weighted by molar-refractivity contribution is 5.02. The van der Waals surface area contributed by atoms with E-state index in [4.69, 9.17) is 0 Å². The summed E-state index contributed by atoms with van der Waals surface area (Å²) >= 11 is 0. The van der Waals surface area contributed by atoms with Gasteiger partial charge in [-0.3, -0.25) is 0 Å². The van der Waals surface area contributed by atoms with Gasteiger partial charge in [-0.1, -0.05) is 13.8 Å². The van der Waals surface area contributed by atoms with E-state index in [-0.39, 0.29) is 0 Å². The molecular weight excluding hydrogens is 206 g/mol. The molecule has 1 atom stereocenters. The highest BCUT2D eigenvalue weighted by Gasteiger charge is 2.50. The zero-order chi connectivity index (χ0) is 12.0. The van der Waals surface area contributed by atoms with Crippen LogP contribution >= 0.6 is 0 Å². The molecule has 0 aromatic rings. The van der Waals surface area contributed by atoms with E-state index in [0.29, 0.717) is 12.1 Å². The lowest BCUT2D eigenvalue weighted by Crippen LogP contribution is -2.49. The lowest BCUT2D eigenvalue weighted by molar-refractivity contribution is -0.0614. The second-order valence-electron chi connectivity index (χ2n) is 7.84. The van der Waals surface area contributed by atoms with Crippen LogP contribution in [0.25, 0.3) is 0 Å². The van der Waals surface area contributed by atoms with Gasteiger partial charge < -0.3 is 5.32 Å². The van der Waals surface area contributed by atoms with Gasteiger partial charge in [0.15, 0.2) is 0 Å². The Balaban J connectivity index is 1.65. The average molecular weight is 235 g/mol. The minimum absolute atomic E-state index is 0.638. The van der Waals surface area contributed by atoms with Crippen LogP contribution in [0.2, 0.25) is 0 Å². The maximum atomic E-state index is 3.72. The lowest BCUT2D eigenvalue weighted by atomic mass is 9.48. The van der Waals surface area contributed by atoms with Crippen LogP contribution in [0, 0.1) is 23.2 Å². The van der Waals surface area contributed by atoms with Crippen LogP contribution in [-0.4, -0.2) is 12.1 Å². The Hall–Kier alpha value is -0.0400. The van der Waals surface area contributed by atoms with Crippen molar-refractivity contribution < 1.29 is 0 Å². The van der Waals surface area contributed by atoms with E-state index >= 15 is 0 Å². The zero-order valence-electron chi connectivity index (χ0n) is 11.8. The second-order valence-corrected chi connectivity index (χ2v) is 7.84. The van der Waals surface area contributed by atoms with E-state index < -0.39 is 0 Å². The van der Waals surface area contributed by atoms with Gasteiger partial charge in [0.1, 0.15) is 0 Å². The van der Waals surface area contributed by atoms with Crippen molar-refractivity contribution in [1.29, 1.82) is 0 Å². The van der Waals surface area contributed by atoms with Crippen LogP contribution in [0.1, 0.15) is 65.7 Å². The van der Waals surface area contributed by atoms with E-state index in [1.807, 2.05) is 0 Å². The van der Waals surface area contributed by atoms with Crippen molar-refractivity contribution in [2.45, 2.75) is 77.8 Å². The summed E-state index contributed by atoms with van der Waals surface area (Å²) in [7, 11) is 0. The first-order chi connectivity index (χ1) is 8.05. The molecule has 1 heteroatoms. The lowest BCUT2D eigenvalue weighted by Gasteiger charge is -2.57. The molecular formula is C16H29N. The van der Waals surface area contributed by atoms with Gasteiger partial charge in [-0.05, 0) is 75.0 Å². The van der Waals surface area contributed by atoms with Gasteiger partial charge in [-0.2, -0.15) is 0 Å². The molecule has 1 N–H and O–H groups in total. The van der Waals surface area contributed by atoms with Crippen LogP contribution in [0.4, 0.5) is 0 Å². The number of hydrogen-bond donors (Lipinski definition) is 1. The monoisotopic (exact) mass is 235 g/mol. The molecule has 0 aromatic heterocycles. The third-order valence-electron chi connectivity index (χ3n) is 5.52. The standard InChI is InChI=1S/C16H29N/c1-11(2)17-12(3)7-16-8-13-4-14(9-16)6-15(5-13)10-16/h11-15,17H,4-10H2,1-3H3. The Bertz CT molecular complexity index is 246. The molecule has 0 amide bonds. The topological polar surface area (TPSA) is 12.0 Å². The molecule has 0 spiro atoms. The van der Waals surface area contributed by atoms with E-state index in [2.05, 4.69) is 26.1 Å². The van der Waals surface area contributed by atoms with Crippen molar-refractivity contribution in [1.82, 2.24) is 5.32 Å². The van der Waals surface area contributed by atoms with Crippen LogP contribution in [-0.2, 0) is 0 Å². The average Bonchev–Trinajstić information content (AvgIpc) is 2.11. The zero-order valence-corrected chi connectivity index (χ0v) is 11.8. The van der Waals surface area contributed by atoms with E-state index in [0.717, 1.165) is 23.2 Å². The van der Waals surface area contributed by atoms with E-state index in [1.54, 1.807) is 38.5 Å². The molecule has 1 unspecified atom stereocenters. The normalized spacial score (nSPS) is 45.5. The largest absolute Gasteiger partial charge is 0.312 e. The molecule has 4 aliphatic carbocycles. The fourth-order valence-electron chi connectivity index (χ4n) is 5.82. The van der Waals surface area contributed by atoms with E-state index in [1.165, 1.54) is 6.42 Å². The molecule has 0 radical (unpaired) electrons. The summed E-state index contributed by atoms with van der Waals surface area (Å²) in [6.07, 6.45) is 10.8. The predicted octanol–water partition coefficient (Wildman–Crippen LogP) is 3.98. The van der Waals surface area contributed by atoms with Crippen molar-refractivity contribution >= 4 is 0 Å². The second kappa shape index (κ2) is 4.26. The first-order valence-corrected chi connectivity index (χ1v) is 7.81. The number of nitrogens with one attached hydrogen (secondary N) is 1. The van der Waals surface area contributed by atoms with Crippen molar-refractivity contribution in [3.05, 3.63) is 0 Å². The summed E-state index contributed by atoms with van der Waals surface area (Å²) in [5, 5.41) is 3.72. The van der Waals surface area contributed by atoms with Gasteiger partial charge in [0, 0.05) is 12.1 Å². The van der Waals surface area contributed by atoms with Gasteiger partial charge in [-0.25, -0.2) is 0 Å². The van der Waals surface area contributed by atoms with Crippen molar-refractivity contribution in [2.24, 2.45) is 23.2 Å². The summed E-state index contributed by atoms with van der Waals surface area (Å²) < 4.78 is 0. The van der Waals surface area contributed by atoms with Gasteiger partial charge in [0.2, 0.25) is 0 Å². The molecule has 4 bridgehead atoms. The minimum atomic E-state index is 0.638. The van der Waals surface area contributed by atoms with Gasteiger partial charge in [0.05, 0.1) is 0 Å². The third kappa shape index (κ3) is 2.41. The highest BCUT2D eigenvalue weighted by atomic mass is 14.9. The van der Waals surface area contributed by atoms with Gasteiger partial charge in [0.25, 0.3) is 0 Å². The summed E-state index contributed by atoms with van der Waals surface area (Å²) in [5.41, 5.74) is 0.746. The molecule has 4 saturated carbocycles. The quantitative estimate of drug-likeness (QED) is 0.777. The molecule has 0 heterocycles. The van der Waals surface area contributed by atoms with Crippen LogP contribution in [0.3, 0.4) is 0 Å². The number of rotatable bonds is 4. The maximum Gasteiger partial charge on any atom is 0.00463 e. The van der Waals surface area contributed by atoms with Gasteiger partial charge >= 0.3 is 0 Å². The Labute approximate surface area is 107 Å². The summed E-state index contributed by atoms with van der Waals surface area (Å²) in [6.45, 7) is 6.95. The first kappa shape index (κ1) is 12.0.